The van der Waals surface area contributed by atoms with Crippen molar-refractivity contribution in [3.05, 3.63) is 60.7 Å². The molecule has 0 N–H and O–H groups in total. The zero-order valence-corrected chi connectivity index (χ0v) is 17.2. The van der Waals surface area contributed by atoms with Gasteiger partial charge in [0.15, 0.2) is 0 Å². The van der Waals surface area contributed by atoms with E-state index in [1.54, 1.807) is 15.4 Å². The summed E-state index contributed by atoms with van der Waals surface area (Å²) in [6.07, 6.45) is 7.41. The van der Waals surface area contributed by atoms with Crippen LogP contribution in [0.3, 0.4) is 0 Å². The fourth-order valence-corrected chi connectivity index (χ4v) is 4.07. The highest BCUT2D eigenvalue weighted by atomic mass is 15.3. The Hall–Kier alpha value is -3.63. The molecule has 5 rings (SSSR count). The Balaban J connectivity index is 1.58. The van der Waals surface area contributed by atoms with Gasteiger partial charge >= 0.3 is 0 Å². The summed E-state index contributed by atoms with van der Waals surface area (Å²) >= 11 is 0. The summed E-state index contributed by atoms with van der Waals surface area (Å²) in [6.45, 7) is 4.24. The molecule has 0 atom stereocenters. The van der Waals surface area contributed by atoms with Gasteiger partial charge in [0.2, 0.25) is 0 Å². The van der Waals surface area contributed by atoms with Gasteiger partial charge in [0.25, 0.3) is 0 Å². The first-order chi connectivity index (χ1) is 14.6. The number of benzene rings is 1. The fraction of sp³-hybridized carbons (Fsp3) is 0.261. The normalized spacial score (nSPS) is 14.9. The number of anilines is 1. The fourth-order valence-electron chi connectivity index (χ4n) is 4.07. The van der Waals surface area contributed by atoms with Crippen molar-refractivity contribution in [1.82, 2.24) is 24.3 Å². The Morgan fingerprint density at radius 1 is 0.867 bits per heavy atom. The molecule has 0 aliphatic carbocycles. The minimum atomic E-state index is 0.575. The Morgan fingerprint density at radius 2 is 1.63 bits per heavy atom. The molecular formula is C23H23N7. The largest absolute Gasteiger partial charge is 0.369 e. The van der Waals surface area contributed by atoms with Crippen molar-refractivity contribution < 1.29 is 0 Å². The lowest BCUT2D eigenvalue weighted by atomic mass is 9.99. The van der Waals surface area contributed by atoms with Crippen LogP contribution in [0.25, 0.3) is 27.8 Å². The first-order valence-corrected chi connectivity index (χ1v) is 10.1. The third kappa shape index (κ3) is 3.21. The van der Waals surface area contributed by atoms with E-state index in [1.807, 2.05) is 25.6 Å². The molecule has 0 radical (unpaired) electrons. The number of aromatic nitrogens is 4. The maximum absolute atomic E-state index is 9.59. The lowest BCUT2D eigenvalue weighted by molar-refractivity contribution is 0.313. The molecule has 1 aromatic carbocycles. The molecule has 0 bridgehead atoms. The highest BCUT2D eigenvalue weighted by Crippen LogP contribution is 2.33. The number of fused-ring (bicyclic) bond motifs is 1. The maximum atomic E-state index is 9.59. The second-order valence-corrected chi connectivity index (χ2v) is 7.85. The van der Waals surface area contributed by atoms with E-state index in [4.69, 9.17) is 0 Å². The maximum Gasteiger partial charge on any atom is 0.103 e. The van der Waals surface area contributed by atoms with Crippen molar-refractivity contribution >= 4 is 11.2 Å². The van der Waals surface area contributed by atoms with Gasteiger partial charge in [-0.2, -0.15) is 15.5 Å². The molecule has 150 valence electrons. The van der Waals surface area contributed by atoms with Crippen LogP contribution in [0.4, 0.5) is 5.69 Å². The predicted molar refractivity (Wildman–Crippen MR) is 117 cm³/mol. The second kappa shape index (κ2) is 7.32. The van der Waals surface area contributed by atoms with Crippen molar-refractivity contribution in [1.29, 1.82) is 5.26 Å². The van der Waals surface area contributed by atoms with E-state index < -0.39 is 0 Å². The molecule has 1 aliphatic rings. The Labute approximate surface area is 175 Å². The third-order valence-electron chi connectivity index (χ3n) is 5.82. The summed E-state index contributed by atoms with van der Waals surface area (Å²) in [5.74, 6) is 0. The molecule has 0 unspecified atom stereocenters. The molecule has 7 nitrogen and oxygen atoms in total. The molecule has 0 saturated carbocycles. The van der Waals surface area contributed by atoms with Crippen LogP contribution in [0.15, 0.2) is 55.1 Å². The first kappa shape index (κ1) is 18.4. The van der Waals surface area contributed by atoms with E-state index in [2.05, 4.69) is 63.4 Å². The minimum Gasteiger partial charge on any atom is -0.369 e. The van der Waals surface area contributed by atoms with Gasteiger partial charge in [-0.05, 0) is 30.8 Å². The zero-order valence-electron chi connectivity index (χ0n) is 17.2. The molecule has 4 heterocycles. The summed E-state index contributed by atoms with van der Waals surface area (Å²) in [6, 6.07) is 13.0. The topological polar surface area (TPSA) is 65.4 Å². The van der Waals surface area contributed by atoms with Crippen LogP contribution in [0.1, 0.15) is 5.56 Å². The standard InChI is InChI=1S/C23H23N7/c1-27-7-9-29(10-8-27)21-5-3-17(4-6-21)22-11-18(20-14-25-28(2)15-20)16-30-23(22)19(12-24)13-26-30/h3-6,11,13-16H,7-10H2,1-2H3. The van der Waals surface area contributed by atoms with Crippen LogP contribution in [-0.2, 0) is 7.05 Å². The van der Waals surface area contributed by atoms with Crippen LogP contribution < -0.4 is 4.90 Å². The number of hydrogen-bond donors (Lipinski definition) is 0. The summed E-state index contributed by atoms with van der Waals surface area (Å²) in [4.78, 5) is 4.78. The van der Waals surface area contributed by atoms with Crippen LogP contribution >= 0.6 is 0 Å². The smallest absolute Gasteiger partial charge is 0.103 e. The molecule has 0 amide bonds. The number of nitrogens with zero attached hydrogens (tertiary/aromatic N) is 7. The van der Waals surface area contributed by atoms with E-state index in [0.29, 0.717) is 5.56 Å². The molecule has 0 spiro atoms. The molecule has 7 heteroatoms. The van der Waals surface area contributed by atoms with E-state index in [0.717, 1.165) is 53.9 Å². The highest BCUT2D eigenvalue weighted by Gasteiger charge is 2.16. The van der Waals surface area contributed by atoms with Crippen molar-refractivity contribution in [3.63, 3.8) is 0 Å². The van der Waals surface area contributed by atoms with E-state index >= 15 is 0 Å². The van der Waals surface area contributed by atoms with Gasteiger partial charge in [0.1, 0.15) is 6.07 Å². The molecule has 1 saturated heterocycles. The van der Waals surface area contributed by atoms with Gasteiger partial charge in [-0.15, -0.1) is 0 Å². The van der Waals surface area contributed by atoms with Gasteiger partial charge in [-0.1, -0.05) is 12.1 Å². The quantitative estimate of drug-likeness (QED) is 0.532. The summed E-state index contributed by atoms with van der Waals surface area (Å²) in [5.41, 5.74) is 6.74. The summed E-state index contributed by atoms with van der Waals surface area (Å²) < 4.78 is 3.58. The van der Waals surface area contributed by atoms with E-state index in [9.17, 15) is 5.26 Å². The van der Waals surface area contributed by atoms with Gasteiger partial charge in [-0.25, -0.2) is 4.52 Å². The summed E-state index contributed by atoms with van der Waals surface area (Å²) in [7, 11) is 4.07. The number of aryl methyl sites for hydroxylation is 1. The van der Waals surface area contributed by atoms with Crippen LogP contribution in [0.5, 0.6) is 0 Å². The Morgan fingerprint density at radius 3 is 2.30 bits per heavy atom. The highest BCUT2D eigenvalue weighted by molar-refractivity contribution is 5.88. The lowest BCUT2D eigenvalue weighted by Gasteiger charge is -2.34. The minimum absolute atomic E-state index is 0.575. The Bertz CT molecular complexity index is 1240. The summed E-state index contributed by atoms with van der Waals surface area (Å²) in [5, 5.41) is 18.3. The molecular weight excluding hydrogens is 374 g/mol. The number of nitriles is 1. The molecule has 1 fully saturated rings. The number of likely N-dealkylation sites (N-methyl/N-ethyl adjacent to an activating group) is 1. The van der Waals surface area contributed by atoms with Gasteiger partial charge in [-0.3, -0.25) is 4.68 Å². The average molecular weight is 397 g/mol. The van der Waals surface area contributed by atoms with E-state index in [-0.39, 0.29) is 0 Å². The monoisotopic (exact) mass is 397 g/mol. The van der Waals surface area contributed by atoms with Gasteiger partial charge in [0.05, 0.1) is 23.5 Å². The van der Waals surface area contributed by atoms with Gasteiger partial charge < -0.3 is 9.80 Å². The molecule has 1 aliphatic heterocycles. The SMILES string of the molecule is CN1CCN(c2ccc(-c3cc(-c4cnn(C)c4)cn4ncc(C#N)c34)cc2)CC1. The van der Waals surface area contributed by atoms with Gasteiger partial charge in [0, 0.05) is 68.0 Å². The van der Waals surface area contributed by atoms with Crippen molar-refractivity contribution in [3.8, 4) is 28.3 Å². The third-order valence-corrected chi connectivity index (χ3v) is 5.82. The molecule has 3 aromatic heterocycles. The van der Waals surface area contributed by atoms with Crippen molar-refractivity contribution in [2.45, 2.75) is 0 Å². The molecule has 30 heavy (non-hydrogen) atoms. The van der Waals surface area contributed by atoms with Crippen molar-refractivity contribution in [2.24, 2.45) is 7.05 Å². The van der Waals surface area contributed by atoms with Crippen LogP contribution in [-0.4, -0.2) is 57.5 Å². The average Bonchev–Trinajstić information content (AvgIpc) is 3.40. The number of hydrogen-bond acceptors (Lipinski definition) is 5. The number of rotatable bonds is 3. The van der Waals surface area contributed by atoms with Crippen molar-refractivity contribution in [2.75, 3.05) is 38.1 Å². The van der Waals surface area contributed by atoms with Crippen LogP contribution in [0.2, 0.25) is 0 Å². The molecule has 4 aromatic rings. The number of piperazine rings is 1. The predicted octanol–water partition coefficient (Wildman–Crippen LogP) is 3.03. The van der Waals surface area contributed by atoms with E-state index in [1.165, 1.54) is 5.69 Å². The second-order valence-electron chi connectivity index (χ2n) is 7.85. The lowest BCUT2D eigenvalue weighted by Crippen LogP contribution is -2.44. The number of pyridine rings is 1. The Kier molecular flexibility index (Phi) is 4.49. The zero-order chi connectivity index (χ0) is 20.7. The first-order valence-electron chi connectivity index (χ1n) is 10.1. The van der Waals surface area contributed by atoms with Crippen LogP contribution in [0, 0.1) is 11.3 Å².